The van der Waals surface area contributed by atoms with Crippen molar-refractivity contribution in [2.45, 2.75) is 19.5 Å². The van der Waals surface area contributed by atoms with Gasteiger partial charge >= 0.3 is 0 Å². The molecule has 0 bridgehead atoms. The highest BCUT2D eigenvalue weighted by atomic mass is 79.9. The molecule has 2 aromatic carbocycles. The van der Waals surface area contributed by atoms with Gasteiger partial charge in [0, 0.05) is 22.6 Å². The van der Waals surface area contributed by atoms with Gasteiger partial charge in [-0.15, -0.1) is 0 Å². The van der Waals surface area contributed by atoms with E-state index in [1.165, 1.54) is 5.56 Å². The molecule has 0 aromatic heterocycles. The summed E-state index contributed by atoms with van der Waals surface area (Å²) in [6.45, 7) is 2.76. The SMILES string of the molecule is C[C@@H](NCc1cc(Br)ccc1O)c1ccccc1. The van der Waals surface area contributed by atoms with Crippen LogP contribution in [0.15, 0.2) is 53.0 Å². The molecule has 0 radical (unpaired) electrons. The molecule has 2 N–H and O–H groups in total. The molecule has 0 aliphatic rings. The third-order valence-electron chi connectivity index (χ3n) is 2.94. The molecule has 3 heteroatoms. The van der Waals surface area contributed by atoms with Crippen LogP contribution in [0.2, 0.25) is 0 Å². The lowest BCUT2D eigenvalue weighted by Crippen LogP contribution is -2.18. The van der Waals surface area contributed by atoms with Crippen molar-refractivity contribution in [3.05, 3.63) is 64.1 Å². The maximum atomic E-state index is 9.76. The summed E-state index contributed by atoms with van der Waals surface area (Å²) in [6.07, 6.45) is 0. The molecule has 0 aliphatic heterocycles. The summed E-state index contributed by atoms with van der Waals surface area (Å²) in [5, 5.41) is 13.2. The molecule has 0 fully saturated rings. The number of rotatable bonds is 4. The molecule has 2 rings (SSSR count). The molecule has 2 nitrogen and oxygen atoms in total. The van der Waals surface area contributed by atoms with Gasteiger partial charge in [-0.25, -0.2) is 0 Å². The van der Waals surface area contributed by atoms with Gasteiger partial charge in [0.2, 0.25) is 0 Å². The predicted octanol–water partition coefficient (Wildman–Crippen LogP) is 4.01. The molecule has 1 atom stereocenters. The molecule has 0 saturated heterocycles. The summed E-state index contributed by atoms with van der Waals surface area (Å²) in [5.41, 5.74) is 2.14. The van der Waals surface area contributed by atoms with Gasteiger partial charge in [-0.1, -0.05) is 46.3 Å². The highest BCUT2D eigenvalue weighted by Gasteiger charge is 2.06. The van der Waals surface area contributed by atoms with Gasteiger partial charge in [-0.2, -0.15) is 0 Å². The van der Waals surface area contributed by atoms with E-state index in [-0.39, 0.29) is 6.04 Å². The van der Waals surface area contributed by atoms with Gasteiger partial charge in [0.25, 0.3) is 0 Å². The Kier molecular flexibility index (Phi) is 4.39. The van der Waals surface area contributed by atoms with Crippen LogP contribution < -0.4 is 5.32 Å². The monoisotopic (exact) mass is 305 g/mol. The molecule has 18 heavy (non-hydrogen) atoms. The minimum Gasteiger partial charge on any atom is -0.508 e. The maximum absolute atomic E-state index is 9.76. The molecular formula is C15H16BrNO. The molecule has 0 amide bonds. The van der Waals surface area contributed by atoms with Crippen molar-refractivity contribution in [1.82, 2.24) is 5.32 Å². The molecule has 0 heterocycles. The molecule has 0 unspecified atom stereocenters. The van der Waals surface area contributed by atoms with Crippen LogP contribution in [-0.4, -0.2) is 5.11 Å². The van der Waals surface area contributed by atoms with Crippen molar-refractivity contribution >= 4 is 15.9 Å². The number of phenolic OH excluding ortho intramolecular Hbond substituents is 1. The Labute approximate surface area is 116 Å². The second kappa shape index (κ2) is 6.03. The molecule has 94 valence electrons. The van der Waals surface area contributed by atoms with E-state index in [0.717, 1.165) is 10.0 Å². The number of phenols is 1. The van der Waals surface area contributed by atoms with Gasteiger partial charge in [0.05, 0.1) is 0 Å². The summed E-state index contributed by atoms with van der Waals surface area (Å²) in [4.78, 5) is 0. The van der Waals surface area contributed by atoms with Crippen LogP contribution in [0.25, 0.3) is 0 Å². The van der Waals surface area contributed by atoms with E-state index < -0.39 is 0 Å². The number of halogens is 1. The summed E-state index contributed by atoms with van der Waals surface area (Å²) in [5.74, 6) is 0.325. The van der Waals surface area contributed by atoms with Gasteiger partial charge < -0.3 is 10.4 Å². The largest absolute Gasteiger partial charge is 0.508 e. The first kappa shape index (κ1) is 13.1. The summed E-state index contributed by atoms with van der Waals surface area (Å²) in [7, 11) is 0. The van der Waals surface area contributed by atoms with E-state index in [2.05, 4.69) is 40.3 Å². The van der Waals surface area contributed by atoms with Crippen molar-refractivity contribution < 1.29 is 5.11 Å². The number of nitrogens with one attached hydrogen (secondary N) is 1. The van der Waals surface area contributed by atoms with E-state index >= 15 is 0 Å². The van der Waals surface area contributed by atoms with Gasteiger partial charge in [-0.05, 0) is 30.7 Å². The Bertz CT molecular complexity index is 513. The molecule has 2 aromatic rings. The van der Waals surface area contributed by atoms with Crippen LogP contribution in [0.5, 0.6) is 5.75 Å². The fourth-order valence-corrected chi connectivity index (χ4v) is 2.23. The standard InChI is InChI=1S/C15H16BrNO/c1-11(12-5-3-2-4-6-12)17-10-13-9-14(16)7-8-15(13)18/h2-9,11,17-18H,10H2,1H3/t11-/m1/s1. The van der Waals surface area contributed by atoms with E-state index in [4.69, 9.17) is 0 Å². The first-order chi connectivity index (χ1) is 8.66. The zero-order valence-corrected chi connectivity index (χ0v) is 11.8. The Morgan fingerprint density at radius 1 is 1.17 bits per heavy atom. The maximum Gasteiger partial charge on any atom is 0.120 e. The van der Waals surface area contributed by atoms with E-state index in [9.17, 15) is 5.11 Å². The highest BCUT2D eigenvalue weighted by molar-refractivity contribution is 9.10. The summed E-state index contributed by atoms with van der Waals surface area (Å²) < 4.78 is 0.976. The Morgan fingerprint density at radius 2 is 1.89 bits per heavy atom. The number of benzene rings is 2. The fourth-order valence-electron chi connectivity index (χ4n) is 1.82. The lowest BCUT2D eigenvalue weighted by molar-refractivity contribution is 0.460. The molecular weight excluding hydrogens is 290 g/mol. The van der Waals surface area contributed by atoms with Gasteiger partial charge in [0.15, 0.2) is 0 Å². The zero-order chi connectivity index (χ0) is 13.0. The fraction of sp³-hybridized carbons (Fsp3) is 0.200. The van der Waals surface area contributed by atoms with Crippen LogP contribution in [0.3, 0.4) is 0 Å². The number of hydrogen-bond acceptors (Lipinski definition) is 2. The molecule has 0 spiro atoms. The van der Waals surface area contributed by atoms with E-state index in [1.807, 2.05) is 30.3 Å². The van der Waals surface area contributed by atoms with E-state index in [1.54, 1.807) is 6.07 Å². The third-order valence-corrected chi connectivity index (χ3v) is 3.43. The minimum atomic E-state index is 0.254. The topological polar surface area (TPSA) is 32.3 Å². The first-order valence-electron chi connectivity index (χ1n) is 5.92. The van der Waals surface area contributed by atoms with Crippen LogP contribution in [0.1, 0.15) is 24.1 Å². The third kappa shape index (κ3) is 3.34. The van der Waals surface area contributed by atoms with Crippen molar-refractivity contribution in [3.63, 3.8) is 0 Å². The summed E-state index contributed by atoms with van der Waals surface area (Å²) >= 11 is 3.41. The normalized spacial score (nSPS) is 12.3. The molecule has 0 aliphatic carbocycles. The Balaban J connectivity index is 2.01. The number of hydrogen-bond donors (Lipinski definition) is 2. The minimum absolute atomic E-state index is 0.254. The van der Waals surface area contributed by atoms with E-state index in [0.29, 0.717) is 12.3 Å². The average Bonchev–Trinajstić information content (AvgIpc) is 2.40. The van der Waals surface area contributed by atoms with Gasteiger partial charge in [0.1, 0.15) is 5.75 Å². The second-order valence-electron chi connectivity index (χ2n) is 4.29. The lowest BCUT2D eigenvalue weighted by Gasteiger charge is -2.15. The van der Waals surface area contributed by atoms with Crippen molar-refractivity contribution in [3.8, 4) is 5.75 Å². The Hall–Kier alpha value is -1.32. The van der Waals surface area contributed by atoms with Gasteiger partial charge in [-0.3, -0.25) is 0 Å². The predicted molar refractivity (Wildman–Crippen MR) is 77.5 cm³/mol. The average molecular weight is 306 g/mol. The van der Waals surface area contributed by atoms with Crippen molar-refractivity contribution in [2.24, 2.45) is 0 Å². The lowest BCUT2D eigenvalue weighted by atomic mass is 10.1. The van der Waals surface area contributed by atoms with Crippen LogP contribution in [0.4, 0.5) is 0 Å². The quantitative estimate of drug-likeness (QED) is 0.894. The van der Waals surface area contributed by atoms with Crippen molar-refractivity contribution in [1.29, 1.82) is 0 Å². The number of aromatic hydroxyl groups is 1. The summed E-state index contributed by atoms with van der Waals surface area (Å²) in [6, 6.07) is 16.0. The smallest absolute Gasteiger partial charge is 0.120 e. The molecule has 0 saturated carbocycles. The zero-order valence-electron chi connectivity index (χ0n) is 10.2. The van der Waals surface area contributed by atoms with Crippen LogP contribution in [0, 0.1) is 0 Å². The van der Waals surface area contributed by atoms with Crippen molar-refractivity contribution in [2.75, 3.05) is 0 Å². The van der Waals surface area contributed by atoms with Crippen LogP contribution >= 0.6 is 15.9 Å². The highest BCUT2D eigenvalue weighted by Crippen LogP contribution is 2.22. The van der Waals surface area contributed by atoms with Crippen LogP contribution in [-0.2, 0) is 6.54 Å². The first-order valence-corrected chi connectivity index (χ1v) is 6.72. The second-order valence-corrected chi connectivity index (χ2v) is 5.20. The Morgan fingerprint density at radius 3 is 2.61 bits per heavy atom.